The molecular weight excluding hydrogens is 380 g/mol. The Kier molecular flexibility index (Phi) is 4.70. The van der Waals surface area contributed by atoms with Crippen LogP contribution >= 0.6 is 11.6 Å². The molecule has 2 unspecified atom stereocenters. The zero-order chi connectivity index (χ0) is 20.1. The molecule has 2 atom stereocenters. The van der Waals surface area contributed by atoms with Crippen LogP contribution in [-0.2, 0) is 14.4 Å². The maximum Gasteiger partial charge on any atom is 0.266 e. The Hall–Kier alpha value is -2.34. The van der Waals surface area contributed by atoms with E-state index in [1.54, 1.807) is 43.0 Å². The maximum absolute atomic E-state index is 12.9. The van der Waals surface area contributed by atoms with E-state index in [1.807, 2.05) is 12.2 Å². The Labute approximate surface area is 169 Å². The minimum absolute atomic E-state index is 0.0897. The highest BCUT2D eigenvalue weighted by Crippen LogP contribution is 2.37. The topological polar surface area (TPSA) is 66.9 Å². The van der Waals surface area contributed by atoms with E-state index in [9.17, 15) is 14.4 Å². The van der Waals surface area contributed by atoms with E-state index in [2.05, 4.69) is 0 Å². The van der Waals surface area contributed by atoms with Crippen molar-refractivity contribution < 1.29 is 19.1 Å². The molecule has 0 bridgehead atoms. The van der Waals surface area contributed by atoms with Gasteiger partial charge >= 0.3 is 0 Å². The van der Waals surface area contributed by atoms with Crippen LogP contribution in [0.4, 0.5) is 0 Å². The summed E-state index contributed by atoms with van der Waals surface area (Å²) in [7, 11) is 0. The SMILES string of the molecule is CC(C)(Oc1ccc(Cl)cc1)C(=O)N1CC(N2C(=O)C3CC=CCC3C2=O)C1. The zero-order valence-corrected chi connectivity index (χ0v) is 16.7. The van der Waals surface area contributed by atoms with Crippen LogP contribution in [0.5, 0.6) is 5.75 Å². The first-order valence-corrected chi connectivity index (χ1v) is 9.91. The molecule has 28 heavy (non-hydrogen) atoms. The van der Waals surface area contributed by atoms with Crippen LogP contribution in [-0.4, -0.2) is 52.3 Å². The summed E-state index contributed by atoms with van der Waals surface area (Å²) in [5, 5.41) is 0.595. The van der Waals surface area contributed by atoms with E-state index in [0.717, 1.165) is 0 Å². The van der Waals surface area contributed by atoms with Gasteiger partial charge in [0.05, 0.1) is 17.9 Å². The molecule has 0 saturated carbocycles. The van der Waals surface area contributed by atoms with Gasteiger partial charge in [-0.05, 0) is 51.0 Å². The molecule has 6 nitrogen and oxygen atoms in total. The second kappa shape index (κ2) is 6.92. The smallest absolute Gasteiger partial charge is 0.266 e. The summed E-state index contributed by atoms with van der Waals surface area (Å²) < 4.78 is 5.85. The number of benzene rings is 1. The van der Waals surface area contributed by atoms with Crippen molar-refractivity contribution in [1.82, 2.24) is 9.80 Å². The third-order valence-electron chi connectivity index (χ3n) is 5.76. The van der Waals surface area contributed by atoms with Crippen molar-refractivity contribution >= 4 is 29.3 Å². The van der Waals surface area contributed by atoms with Gasteiger partial charge in [-0.2, -0.15) is 0 Å². The number of amides is 3. The molecule has 0 N–H and O–H groups in total. The molecule has 148 valence electrons. The molecule has 2 fully saturated rings. The van der Waals surface area contributed by atoms with Crippen molar-refractivity contribution in [3.8, 4) is 5.75 Å². The zero-order valence-electron chi connectivity index (χ0n) is 15.9. The van der Waals surface area contributed by atoms with Gasteiger partial charge < -0.3 is 9.64 Å². The van der Waals surface area contributed by atoms with Crippen molar-refractivity contribution in [1.29, 1.82) is 0 Å². The fraction of sp³-hybridized carbons (Fsp3) is 0.476. The first-order chi connectivity index (χ1) is 13.3. The van der Waals surface area contributed by atoms with Crippen molar-refractivity contribution in [3.05, 3.63) is 41.4 Å². The number of likely N-dealkylation sites (tertiary alicyclic amines) is 2. The normalized spacial score (nSPS) is 25.0. The molecule has 1 aromatic carbocycles. The molecule has 2 saturated heterocycles. The Morgan fingerprint density at radius 2 is 1.57 bits per heavy atom. The summed E-state index contributed by atoms with van der Waals surface area (Å²) in [6.45, 7) is 4.14. The first kappa shape index (κ1) is 19.0. The molecule has 3 amide bonds. The first-order valence-electron chi connectivity index (χ1n) is 9.54. The summed E-state index contributed by atoms with van der Waals surface area (Å²) in [4.78, 5) is 41.2. The van der Waals surface area contributed by atoms with Gasteiger partial charge in [0.25, 0.3) is 5.91 Å². The highest BCUT2D eigenvalue weighted by Gasteiger charge is 2.53. The number of hydrogen-bond acceptors (Lipinski definition) is 4. The largest absolute Gasteiger partial charge is 0.478 e. The Bertz CT molecular complexity index is 816. The monoisotopic (exact) mass is 402 g/mol. The lowest BCUT2D eigenvalue weighted by atomic mass is 9.85. The molecule has 1 aromatic rings. The van der Waals surface area contributed by atoms with Gasteiger partial charge in [-0.1, -0.05) is 23.8 Å². The Morgan fingerprint density at radius 1 is 1.04 bits per heavy atom. The van der Waals surface area contributed by atoms with Gasteiger partial charge in [0, 0.05) is 18.1 Å². The number of nitrogens with zero attached hydrogens (tertiary/aromatic N) is 2. The molecule has 0 radical (unpaired) electrons. The third-order valence-corrected chi connectivity index (χ3v) is 6.01. The van der Waals surface area contributed by atoms with Crippen LogP contribution in [0.15, 0.2) is 36.4 Å². The van der Waals surface area contributed by atoms with E-state index >= 15 is 0 Å². The highest BCUT2D eigenvalue weighted by molar-refractivity contribution is 6.30. The lowest BCUT2D eigenvalue weighted by Gasteiger charge is -2.45. The van der Waals surface area contributed by atoms with Gasteiger partial charge in [-0.3, -0.25) is 19.3 Å². The minimum atomic E-state index is -1.06. The van der Waals surface area contributed by atoms with Gasteiger partial charge in [0.15, 0.2) is 5.60 Å². The molecule has 4 rings (SSSR count). The van der Waals surface area contributed by atoms with Crippen LogP contribution in [0.1, 0.15) is 26.7 Å². The number of carbonyl (C=O) groups excluding carboxylic acids is 3. The van der Waals surface area contributed by atoms with Crippen molar-refractivity contribution in [3.63, 3.8) is 0 Å². The van der Waals surface area contributed by atoms with Crippen molar-refractivity contribution in [2.24, 2.45) is 11.8 Å². The molecule has 2 heterocycles. The molecule has 1 aliphatic carbocycles. The molecular formula is C21H23ClN2O4. The van der Waals surface area contributed by atoms with Gasteiger partial charge in [-0.15, -0.1) is 0 Å². The van der Waals surface area contributed by atoms with Crippen molar-refractivity contribution in [2.75, 3.05) is 13.1 Å². The summed E-state index contributed by atoms with van der Waals surface area (Å²) in [5.41, 5.74) is -1.06. The number of imide groups is 1. The van der Waals surface area contributed by atoms with Crippen molar-refractivity contribution in [2.45, 2.75) is 38.3 Å². The molecule has 0 spiro atoms. The molecule has 0 aromatic heterocycles. The van der Waals surface area contributed by atoms with E-state index < -0.39 is 5.60 Å². The third kappa shape index (κ3) is 3.20. The highest BCUT2D eigenvalue weighted by atomic mass is 35.5. The Morgan fingerprint density at radius 3 is 2.11 bits per heavy atom. The van der Waals surface area contributed by atoms with Crippen LogP contribution < -0.4 is 4.74 Å². The van der Waals surface area contributed by atoms with Crippen LogP contribution in [0.25, 0.3) is 0 Å². The average Bonchev–Trinajstić information content (AvgIpc) is 2.88. The second-order valence-corrected chi connectivity index (χ2v) is 8.57. The number of allylic oxidation sites excluding steroid dienone is 2. The van der Waals surface area contributed by atoms with E-state index in [1.165, 1.54) is 4.90 Å². The molecule has 2 aliphatic heterocycles. The fourth-order valence-electron chi connectivity index (χ4n) is 4.19. The summed E-state index contributed by atoms with van der Waals surface area (Å²) in [6, 6.07) is 6.61. The van der Waals surface area contributed by atoms with Crippen LogP contribution in [0, 0.1) is 11.8 Å². The quantitative estimate of drug-likeness (QED) is 0.573. The number of ether oxygens (including phenoxy) is 1. The Balaban J connectivity index is 1.38. The lowest BCUT2D eigenvalue weighted by molar-refractivity contribution is -0.159. The standard InChI is InChI=1S/C21H23ClN2O4/c1-21(2,28-15-9-7-13(22)8-10-15)20(27)23-11-14(12-23)24-18(25)16-5-3-4-6-17(16)19(24)26/h3-4,7-10,14,16-17H,5-6,11-12H2,1-2H3. The van der Waals surface area contributed by atoms with Gasteiger partial charge in [-0.25, -0.2) is 0 Å². The fourth-order valence-corrected chi connectivity index (χ4v) is 4.32. The number of halogens is 1. The number of fused-ring (bicyclic) bond motifs is 1. The molecule has 3 aliphatic rings. The summed E-state index contributed by atoms with van der Waals surface area (Å²) in [6.07, 6.45) is 5.21. The molecule has 7 heteroatoms. The van der Waals surface area contributed by atoms with E-state index in [4.69, 9.17) is 16.3 Å². The average molecular weight is 403 g/mol. The van der Waals surface area contributed by atoms with Gasteiger partial charge in [0.1, 0.15) is 5.75 Å². The van der Waals surface area contributed by atoms with E-state index in [-0.39, 0.29) is 35.6 Å². The minimum Gasteiger partial charge on any atom is -0.478 e. The predicted molar refractivity (Wildman–Crippen MR) is 104 cm³/mol. The number of hydrogen-bond donors (Lipinski definition) is 0. The summed E-state index contributed by atoms with van der Waals surface area (Å²) >= 11 is 5.88. The predicted octanol–water partition coefficient (Wildman–Crippen LogP) is 2.66. The van der Waals surface area contributed by atoms with Crippen LogP contribution in [0.2, 0.25) is 5.02 Å². The second-order valence-electron chi connectivity index (χ2n) is 8.13. The lowest BCUT2D eigenvalue weighted by Crippen LogP contribution is -2.66. The van der Waals surface area contributed by atoms with Crippen LogP contribution in [0.3, 0.4) is 0 Å². The number of carbonyl (C=O) groups is 3. The van der Waals surface area contributed by atoms with Gasteiger partial charge in [0.2, 0.25) is 11.8 Å². The summed E-state index contributed by atoms with van der Waals surface area (Å²) in [5.74, 6) is -0.252. The number of rotatable bonds is 4. The van der Waals surface area contributed by atoms with E-state index in [0.29, 0.717) is 36.7 Å². The maximum atomic E-state index is 12.9.